The van der Waals surface area contributed by atoms with Crippen molar-refractivity contribution >= 4 is 46.4 Å². The Kier molecular flexibility index (Phi) is 6.19. The van der Waals surface area contributed by atoms with E-state index in [2.05, 4.69) is 15.0 Å². The van der Waals surface area contributed by atoms with Crippen LogP contribution in [0.25, 0.3) is 68.6 Å². The Morgan fingerprint density at radius 2 is 1.02 bits per heavy atom. The van der Waals surface area contributed by atoms with Gasteiger partial charge in [-0.2, -0.15) is 0 Å². The minimum absolute atomic E-state index is 0.0148. The van der Waals surface area contributed by atoms with Gasteiger partial charge in [0.2, 0.25) is 5.82 Å². The lowest BCUT2D eigenvalue weighted by Crippen LogP contribution is -2.05. The Hall–Kier alpha value is -5.51. The van der Waals surface area contributed by atoms with Crippen molar-refractivity contribution in [1.29, 1.82) is 0 Å². The number of methoxy groups -OCH3 is 1. The average Bonchev–Trinajstić information content (AvgIpc) is 3.84. The molecule has 7 rings (SSSR count). The Labute approximate surface area is 240 Å². The molecule has 2 aromatic carbocycles. The van der Waals surface area contributed by atoms with E-state index in [1.807, 2.05) is 48.6 Å². The van der Waals surface area contributed by atoms with Crippen LogP contribution in [0.3, 0.4) is 0 Å². The molecule has 212 valence electrons. The smallest absolute Gasteiger partial charge is 0.200 e. The van der Waals surface area contributed by atoms with E-state index in [-0.39, 0.29) is 16.8 Å². The van der Waals surface area contributed by atoms with Gasteiger partial charge in [-0.25, -0.2) is 31.9 Å². The minimum Gasteiger partial charge on any atom is -0.497 e. The van der Waals surface area contributed by atoms with E-state index >= 15 is 8.78 Å². The van der Waals surface area contributed by atoms with Crippen LogP contribution in [0.1, 0.15) is 22.8 Å². The van der Waals surface area contributed by atoms with Crippen molar-refractivity contribution in [2.75, 3.05) is 7.11 Å². The number of hydrogen-bond donors (Lipinski definition) is 2. The zero-order valence-corrected chi connectivity index (χ0v) is 22.3. The molecule has 5 nitrogen and oxygen atoms in total. The van der Waals surface area contributed by atoms with Crippen molar-refractivity contribution in [1.82, 2.24) is 19.9 Å². The molecule has 2 aliphatic heterocycles. The van der Waals surface area contributed by atoms with Crippen molar-refractivity contribution in [3.05, 3.63) is 113 Å². The van der Waals surface area contributed by atoms with Crippen molar-refractivity contribution in [2.24, 2.45) is 0 Å². The van der Waals surface area contributed by atoms with Gasteiger partial charge in [-0.3, -0.25) is 0 Å². The third kappa shape index (κ3) is 4.47. The van der Waals surface area contributed by atoms with Gasteiger partial charge in [-0.1, -0.05) is 12.1 Å². The lowest BCUT2D eigenvalue weighted by molar-refractivity contribution is 0.381. The molecule has 0 saturated carbocycles. The van der Waals surface area contributed by atoms with Gasteiger partial charge in [0.1, 0.15) is 5.75 Å². The summed E-state index contributed by atoms with van der Waals surface area (Å²) in [5, 5.41) is 0. The highest BCUT2D eigenvalue weighted by Gasteiger charge is 2.29. The van der Waals surface area contributed by atoms with Gasteiger partial charge >= 0.3 is 0 Å². The number of aromatic nitrogens is 4. The molecular weight excluding hydrogens is 563 g/mol. The first kappa shape index (κ1) is 26.4. The number of aromatic amines is 2. The SMILES string of the molecule is COc1ccc(-c2c3nc(cc4ccc([nH]4)c(-c4c(F)c(F)c(F)c(F)c4F)c4nc(cc5ccc2[nH]5)C=C4)C=C3)cc1. The summed E-state index contributed by atoms with van der Waals surface area (Å²) in [4.78, 5) is 15.7. The highest BCUT2D eigenvalue weighted by Crippen LogP contribution is 2.37. The number of benzene rings is 2. The third-order valence-corrected chi connectivity index (χ3v) is 7.24. The van der Waals surface area contributed by atoms with E-state index < -0.39 is 34.6 Å². The summed E-state index contributed by atoms with van der Waals surface area (Å²) in [5.41, 5.74) is 4.09. The molecule has 2 aliphatic rings. The molecule has 3 aromatic heterocycles. The van der Waals surface area contributed by atoms with Crippen LogP contribution in [0.15, 0.2) is 60.7 Å². The van der Waals surface area contributed by atoms with Crippen LogP contribution in [0.5, 0.6) is 5.75 Å². The van der Waals surface area contributed by atoms with E-state index in [4.69, 9.17) is 9.72 Å². The van der Waals surface area contributed by atoms with Crippen LogP contribution in [0.4, 0.5) is 22.0 Å². The fraction of sp³-hybridized carbons (Fsp3) is 0.0303. The fourth-order valence-corrected chi connectivity index (χ4v) is 5.22. The maximum absolute atomic E-state index is 15.1. The molecule has 0 aliphatic carbocycles. The second-order valence-corrected chi connectivity index (χ2v) is 9.88. The van der Waals surface area contributed by atoms with Gasteiger partial charge in [0.25, 0.3) is 0 Å². The van der Waals surface area contributed by atoms with Gasteiger partial charge in [0.15, 0.2) is 23.3 Å². The number of H-pyrrole nitrogens is 2. The summed E-state index contributed by atoms with van der Waals surface area (Å²) in [6, 6.07) is 17.9. The van der Waals surface area contributed by atoms with Crippen LogP contribution in [-0.4, -0.2) is 27.0 Å². The van der Waals surface area contributed by atoms with Crippen molar-refractivity contribution in [2.45, 2.75) is 0 Å². The molecular formula is C33H19F5N4O. The van der Waals surface area contributed by atoms with Gasteiger partial charge < -0.3 is 14.7 Å². The van der Waals surface area contributed by atoms with E-state index in [0.29, 0.717) is 33.9 Å². The number of nitrogens with zero attached hydrogens (tertiary/aromatic N) is 2. The summed E-state index contributed by atoms with van der Waals surface area (Å²) < 4.78 is 78.0. The second-order valence-electron chi connectivity index (χ2n) is 9.88. The van der Waals surface area contributed by atoms with Crippen molar-refractivity contribution < 1.29 is 26.7 Å². The first-order valence-electron chi connectivity index (χ1n) is 13.1. The van der Waals surface area contributed by atoms with Crippen LogP contribution in [0, 0.1) is 29.1 Å². The zero-order valence-electron chi connectivity index (χ0n) is 22.3. The molecule has 5 aromatic rings. The molecule has 0 unspecified atom stereocenters. The number of ether oxygens (including phenoxy) is 1. The quantitative estimate of drug-likeness (QED) is 0.124. The summed E-state index contributed by atoms with van der Waals surface area (Å²) in [7, 11) is 1.60. The van der Waals surface area contributed by atoms with Gasteiger partial charge in [0.05, 0.1) is 35.4 Å². The second kappa shape index (κ2) is 10.1. The largest absolute Gasteiger partial charge is 0.497 e. The van der Waals surface area contributed by atoms with E-state index in [1.54, 1.807) is 31.4 Å². The predicted octanol–water partition coefficient (Wildman–Crippen LogP) is 8.69. The Bertz CT molecular complexity index is 2150. The van der Waals surface area contributed by atoms with E-state index in [9.17, 15) is 13.2 Å². The number of rotatable bonds is 3. The zero-order chi connectivity index (χ0) is 29.8. The van der Waals surface area contributed by atoms with Crippen molar-refractivity contribution in [3.63, 3.8) is 0 Å². The first-order valence-corrected chi connectivity index (χ1v) is 13.1. The predicted molar refractivity (Wildman–Crippen MR) is 156 cm³/mol. The van der Waals surface area contributed by atoms with E-state index in [1.165, 1.54) is 12.1 Å². The molecule has 5 heterocycles. The van der Waals surface area contributed by atoms with Crippen LogP contribution in [-0.2, 0) is 0 Å². The highest BCUT2D eigenvalue weighted by molar-refractivity contribution is 5.93. The summed E-state index contributed by atoms with van der Waals surface area (Å²) in [5.74, 6) is -9.50. The maximum Gasteiger partial charge on any atom is 0.200 e. The molecule has 2 N–H and O–H groups in total. The number of halogens is 5. The van der Waals surface area contributed by atoms with Crippen molar-refractivity contribution in [3.8, 4) is 28.0 Å². The normalized spacial score (nSPS) is 12.2. The monoisotopic (exact) mass is 582 g/mol. The molecule has 10 heteroatoms. The van der Waals surface area contributed by atoms with Crippen LogP contribution in [0.2, 0.25) is 0 Å². The lowest BCUT2D eigenvalue weighted by Gasteiger charge is -2.09. The summed E-state index contributed by atoms with van der Waals surface area (Å²) >= 11 is 0. The minimum atomic E-state index is -2.23. The summed E-state index contributed by atoms with van der Waals surface area (Å²) in [6.45, 7) is 0. The summed E-state index contributed by atoms with van der Waals surface area (Å²) in [6.07, 6.45) is 6.74. The molecule has 0 spiro atoms. The molecule has 0 radical (unpaired) electrons. The molecule has 8 bridgehead atoms. The van der Waals surface area contributed by atoms with Crippen LogP contribution < -0.4 is 4.74 Å². The average molecular weight is 583 g/mol. The Morgan fingerprint density at radius 1 is 0.535 bits per heavy atom. The first-order chi connectivity index (χ1) is 20.8. The topological polar surface area (TPSA) is 66.6 Å². The van der Waals surface area contributed by atoms with Gasteiger partial charge in [0, 0.05) is 33.2 Å². The third-order valence-electron chi connectivity index (χ3n) is 7.24. The maximum atomic E-state index is 15.1. The molecule has 0 saturated heterocycles. The molecule has 43 heavy (non-hydrogen) atoms. The van der Waals surface area contributed by atoms with Gasteiger partial charge in [-0.05, 0) is 78.4 Å². The highest BCUT2D eigenvalue weighted by atomic mass is 19.2. The molecule has 0 atom stereocenters. The molecule has 0 amide bonds. The Morgan fingerprint density at radius 3 is 1.56 bits per heavy atom. The standard InChI is InChI=1S/C33H19F5N4O/c1-43-21-8-2-16(3-9-21)26-22-10-4-17(39-22)14-19-6-12-24(41-19)27(28-29(34)31(36)33(38)32(37)30(28)35)25-13-7-20(42-25)15-18-5-11-23(26)40-18/h2-15,39,42H,1H3. The molecule has 0 fully saturated rings. The number of nitrogens with one attached hydrogen (secondary N) is 2. The van der Waals surface area contributed by atoms with E-state index in [0.717, 1.165) is 16.6 Å². The van der Waals surface area contributed by atoms with Crippen LogP contribution >= 0.6 is 0 Å². The number of fused-ring (bicyclic) bond motifs is 8. The Balaban J connectivity index is 1.57. The number of hydrogen-bond acceptors (Lipinski definition) is 3. The van der Waals surface area contributed by atoms with Gasteiger partial charge in [-0.15, -0.1) is 0 Å². The lowest BCUT2D eigenvalue weighted by atomic mass is 10.0. The fourth-order valence-electron chi connectivity index (χ4n) is 5.22.